The van der Waals surface area contributed by atoms with E-state index in [0.29, 0.717) is 27.8 Å². The average molecular weight is 358 g/mol. The van der Waals surface area contributed by atoms with E-state index in [-0.39, 0.29) is 12.0 Å². The van der Waals surface area contributed by atoms with Crippen LogP contribution >= 0.6 is 0 Å². The van der Waals surface area contributed by atoms with E-state index in [1.807, 2.05) is 18.2 Å². The minimum absolute atomic E-state index is 0.161. The van der Waals surface area contributed by atoms with Crippen LogP contribution in [0.4, 0.5) is 5.69 Å². The number of rotatable bonds is 5. The third-order valence-electron chi connectivity index (χ3n) is 4.30. The predicted octanol–water partition coefficient (Wildman–Crippen LogP) is 3.54. The van der Waals surface area contributed by atoms with Crippen LogP contribution in [0.15, 0.2) is 65.3 Å². The third-order valence-corrected chi connectivity index (χ3v) is 4.30. The normalized spacial score (nSPS) is 10.8. The Morgan fingerprint density at radius 3 is 2.59 bits per heavy atom. The lowest BCUT2D eigenvalue weighted by Gasteiger charge is -2.06. The van der Waals surface area contributed by atoms with Crippen molar-refractivity contribution in [3.8, 4) is 0 Å². The van der Waals surface area contributed by atoms with E-state index in [0.717, 1.165) is 11.7 Å². The molecule has 2 heterocycles. The Bertz CT molecular complexity index is 1180. The number of carbonyl (C=O) groups is 3. The fourth-order valence-corrected chi connectivity index (χ4v) is 3.07. The van der Waals surface area contributed by atoms with Gasteiger partial charge in [0.05, 0.1) is 0 Å². The van der Waals surface area contributed by atoms with Crippen molar-refractivity contribution in [1.29, 1.82) is 0 Å². The number of fused-ring (bicyclic) bond motifs is 3. The zero-order chi connectivity index (χ0) is 18.8. The maximum absolute atomic E-state index is 12.8. The van der Waals surface area contributed by atoms with Gasteiger partial charge < -0.3 is 14.5 Å². The van der Waals surface area contributed by atoms with E-state index in [4.69, 9.17) is 4.42 Å². The summed E-state index contributed by atoms with van der Waals surface area (Å²) in [5.41, 5.74) is 2.42. The molecule has 0 unspecified atom stereocenters. The van der Waals surface area contributed by atoms with Crippen LogP contribution in [-0.4, -0.2) is 23.0 Å². The van der Waals surface area contributed by atoms with Crippen molar-refractivity contribution in [2.45, 2.75) is 6.42 Å². The molecule has 0 saturated carbocycles. The van der Waals surface area contributed by atoms with Gasteiger partial charge in [0.1, 0.15) is 17.5 Å². The van der Waals surface area contributed by atoms with Crippen molar-refractivity contribution < 1.29 is 18.8 Å². The maximum Gasteiger partial charge on any atom is 0.296 e. The highest BCUT2D eigenvalue weighted by atomic mass is 16.3. The van der Waals surface area contributed by atoms with E-state index >= 15 is 0 Å². The van der Waals surface area contributed by atoms with Crippen LogP contribution in [0.25, 0.3) is 21.9 Å². The van der Waals surface area contributed by atoms with Crippen LogP contribution in [-0.2, 0) is 16.0 Å². The summed E-state index contributed by atoms with van der Waals surface area (Å²) in [5.74, 6) is -1.43. The Balaban J connectivity index is 1.83. The Morgan fingerprint density at radius 2 is 1.81 bits per heavy atom. The number of aromatic nitrogens is 1. The summed E-state index contributed by atoms with van der Waals surface area (Å²) < 4.78 is 5.87. The Morgan fingerprint density at radius 1 is 1.04 bits per heavy atom. The van der Waals surface area contributed by atoms with E-state index in [2.05, 4.69) is 10.3 Å². The molecule has 0 radical (unpaired) electrons. The molecule has 0 fully saturated rings. The molecule has 6 nitrogen and oxygen atoms in total. The zero-order valence-corrected chi connectivity index (χ0v) is 14.1. The zero-order valence-electron chi connectivity index (χ0n) is 14.1. The summed E-state index contributed by atoms with van der Waals surface area (Å²) in [6.07, 6.45) is 3.99. The minimum Gasteiger partial charge on any atom is -0.456 e. The molecule has 0 bridgehead atoms. The van der Waals surface area contributed by atoms with Crippen LogP contribution in [0, 0.1) is 0 Å². The summed E-state index contributed by atoms with van der Waals surface area (Å²) in [4.78, 5) is 40.2. The number of nitrogens with one attached hydrogen (secondary N) is 1. The fraction of sp³-hybridized carbons (Fsp3) is 0.0476. The van der Waals surface area contributed by atoms with E-state index in [1.54, 1.807) is 30.3 Å². The SMILES string of the molecule is O=CCc1ccc(C(=O)C(=O)Nc2ccncc2)c2c1oc1ccccc12. The van der Waals surface area contributed by atoms with E-state index in [9.17, 15) is 14.4 Å². The number of furan rings is 1. The number of aldehydes is 1. The highest BCUT2D eigenvalue weighted by molar-refractivity contribution is 6.49. The van der Waals surface area contributed by atoms with Crippen molar-refractivity contribution in [2.75, 3.05) is 5.32 Å². The van der Waals surface area contributed by atoms with Crippen LogP contribution in [0.1, 0.15) is 15.9 Å². The summed E-state index contributed by atoms with van der Waals surface area (Å²) in [5, 5.41) is 3.83. The van der Waals surface area contributed by atoms with Crippen LogP contribution in [0.5, 0.6) is 0 Å². The Labute approximate surface area is 153 Å². The first-order valence-electron chi connectivity index (χ1n) is 8.31. The molecule has 1 N–H and O–H groups in total. The molecule has 0 aliphatic heterocycles. The molecule has 0 aliphatic carbocycles. The summed E-state index contributed by atoms with van der Waals surface area (Å²) in [6, 6.07) is 13.7. The van der Waals surface area contributed by atoms with Gasteiger partial charge in [0.15, 0.2) is 0 Å². The largest absolute Gasteiger partial charge is 0.456 e. The Kier molecular flexibility index (Phi) is 4.22. The minimum atomic E-state index is -0.754. The van der Waals surface area contributed by atoms with Gasteiger partial charge >= 0.3 is 0 Å². The number of para-hydroxylation sites is 1. The molecule has 0 atom stereocenters. The topological polar surface area (TPSA) is 89.3 Å². The first kappa shape index (κ1) is 16.7. The second-order valence-electron chi connectivity index (χ2n) is 5.96. The lowest BCUT2D eigenvalue weighted by atomic mass is 9.98. The molecular weight excluding hydrogens is 344 g/mol. The number of Topliss-reactive ketones (excluding diaryl/α,β-unsaturated/α-hetero) is 1. The predicted molar refractivity (Wildman–Crippen MR) is 101 cm³/mol. The molecule has 0 aliphatic rings. The molecule has 6 heteroatoms. The number of hydrogen-bond donors (Lipinski definition) is 1. The molecule has 1 amide bonds. The van der Waals surface area contributed by atoms with Gasteiger partial charge in [-0.2, -0.15) is 0 Å². The summed E-state index contributed by atoms with van der Waals surface area (Å²) in [6.45, 7) is 0. The molecular formula is C21H14N2O4. The molecule has 27 heavy (non-hydrogen) atoms. The number of hydrogen-bond acceptors (Lipinski definition) is 5. The first-order chi connectivity index (χ1) is 13.2. The second-order valence-corrected chi connectivity index (χ2v) is 5.96. The number of benzene rings is 2. The number of ketones is 1. The summed E-state index contributed by atoms with van der Waals surface area (Å²) in [7, 11) is 0. The highest BCUT2D eigenvalue weighted by Gasteiger charge is 2.23. The van der Waals surface area contributed by atoms with Crippen LogP contribution < -0.4 is 5.32 Å². The molecule has 132 valence electrons. The van der Waals surface area contributed by atoms with Gasteiger partial charge in [0, 0.05) is 46.4 Å². The van der Waals surface area contributed by atoms with Crippen molar-refractivity contribution in [3.63, 3.8) is 0 Å². The molecule has 4 rings (SSSR count). The standard InChI is InChI=1S/C21H14N2O4/c24-12-9-13-5-6-16(18-15-3-1-2-4-17(15)27-20(13)18)19(25)21(26)23-14-7-10-22-11-8-14/h1-8,10-12H,9H2,(H,22,23,26). The first-order valence-corrected chi connectivity index (χ1v) is 8.31. The van der Waals surface area contributed by atoms with Gasteiger partial charge in [-0.25, -0.2) is 0 Å². The van der Waals surface area contributed by atoms with Gasteiger partial charge in [0.25, 0.3) is 11.7 Å². The molecule has 2 aromatic heterocycles. The lowest BCUT2D eigenvalue weighted by molar-refractivity contribution is -0.112. The number of anilines is 1. The number of amides is 1. The Hall–Kier alpha value is -3.80. The van der Waals surface area contributed by atoms with Gasteiger partial charge in [-0.05, 0) is 24.3 Å². The molecule has 0 spiro atoms. The number of nitrogens with zero attached hydrogens (tertiary/aromatic N) is 1. The average Bonchev–Trinajstić information content (AvgIpc) is 3.09. The van der Waals surface area contributed by atoms with Gasteiger partial charge in [-0.3, -0.25) is 14.6 Å². The molecule has 2 aromatic carbocycles. The van der Waals surface area contributed by atoms with Crippen LogP contribution in [0.3, 0.4) is 0 Å². The summed E-state index contributed by atoms with van der Waals surface area (Å²) >= 11 is 0. The highest BCUT2D eigenvalue weighted by Crippen LogP contribution is 2.34. The maximum atomic E-state index is 12.8. The number of pyridine rings is 1. The molecule has 0 saturated heterocycles. The smallest absolute Gasteiger partial charge is 0.296 e. The number of carbonyl (C=O) groups excluding carboxylic acids is 3. The van der Waals surface area contributed by atoms with Gasteiger partial charge in [-0.1, -0.05) is 24.3 Å². The van der Waals surface area contributed by atoms with Crippen molar-refractivity contribution in [3.05, 3.63) is 72.1 Å². The second kappa shape index (κ2) is 6.84. The van der Waals surface area contributed by atoms with E-state index in [1.165, 1.54) is 12.4 Å². The quantitative estimate of drug-likeness (QED) is 0.335. The van der Waals surface area contributed by atoms with Crippen molar-refractivity contribution >= 4 is 45.6 Å². The van der Waals surface area contributed by atoms with Crippen LogP contribution in [0.2, 0.25) is 0 Å². The monoisotopic (exact) mass is 358 g/mol. The van der Waals surface area contributed by atoms with Crippen molar-refractivity contribution in [1.82, 2.24) is 4.98 Å². The fourth-order valence-electron chi connectivity index (χ4n) is 3.07. The van der Waals surface area contributed by atoms with E-state index < -0.39 is 11.7 Å². The lowest BCUT2D eigenvalue weighted by Crippen LogP contribution is -2.23. The van der Waals surface area contributed by atoms with Gasteiger partial charge in [0.2, 0.25) is 0 Å². The third kappa shape index (κ3) is 2.97. The molecule has 4 aromatic rings. The van der Waals surface area contributed by atoms with Gasteiger partial charge in [-0.15, -0.1) is 0 Å². The van der Waals surface area contributed by atoms with Crippen molar-refractivity contribution in [2.24, 2.45) is 0 Å².